The summed E-state index contributed by atoms with van der Waals surface area (Å²) >= 11 is 0. The van der Waals surface area contributed by atoms with Crippen LogP contribution in [-0.4, -0.2) is 78.6 Å². The van der Waals surface area contributed by atoms with E-state index in [4.69, 9.17) is 4.74 Å². The van der Waals surface area contributed by atoms with Gasteiger partial charge in [0.1, 0.15) is 0 Å². The third kappa shape index (κ3) is 3.11. The van der Waals surface area contributed by atoms with Crippen molar-refractivity contribution in [2.45, 2.75) is 25.9 Å². The molecule has 0 aliphatic carbocycles. The Labute approximate surface area is 132 Å². The summed E-state index contributed by atoms with van der Waals surface area (Å²) in [4.78, 5) is 29.7. The molecule has 0 saturated carbocycles. The van der Waals surface area contributed by atoms with Crippen LogP contribution in [0.5, 0.6) is 0 Å². The Bertz CT molecular complexity index is 444. The van der Waals surface area contributed by atoms with E-state index in [0.717, 1.165) is 13.0 Å². The Morgan fingerprint density at radius 1 is 1.09 bits per heavy atom. The van der Waals surface area contributed by atoms with Crippen molar-refractivity contribution in [2.75, 3.05) is 46.4 Å². The van der Waals surface area contributed by atoms with Gasteiger partial charge in [0.05, 0.1) is 12.1 Å². The Morgan fingerprint density at radius 3 is 2.14 bits per heavy atom. The highest BCUT2D eigenvalue weighted by molar-refractivity contribution is 5.87. The summed E-state index contributed by atoms with van der Waals surface area (Å²) in [5.74, 6) is 0.309. The number of likely N-dealkylation sites (tertiary alicyclic amines) is 1. The summed E-state index contributed by atoms with van der Waals surface area (Å²) < 4.78 is 5.71. The molecule has 1 unspecified atom stereocenters. The van der Waals surface area contributed by atoms with E-state index in [2.05, 4.69) is 20.4 Å². The van der Waals surface area contributed by atoms with Gasteiger partial charge in [0.2, 0.25) is 5.91 Å². The van der Waals surface area contributed by atoms with E-state index in [1.54, 1.807) is 12.0 Å². The maximum absolute atomic E-state index is 12.6. The minimum Gasteiger partial charge on any atom is -0.376 e. The fraction of sp³-hybridized carbons (Fsp3) is 0.750. The molecule has 0 bridgehead atoms. The van der Waals surface area contributed by atoms with Crippen LogP contribution in [0.1, 0.15) is 20.3 Å². The number of amides is 3. The number of hydrogen-bond donors (Lipinski definition) is 0. The molecule has 3 amide bonds. The highest BCUT2D eigenvalue weighted by atomic mass is 16.5. The molecule has 124 valence electrons. The van der Waals surface area contributed by atoms with Crippen molar-refractivity contribution in [1.29, 1.82) is 0 Å². The quantitative estimate of drug-likeness (QED) is 0.736. The molecule has 0 spiro atoms. The van der Waals surface area contributed by atoms with Crippen molar-refractivity contribution in [3.8, 4) is 0 Å². The number of carbonyl (C=O) groups is 2. The predicted octanol–water partition coefficient (Wildman–Crippen LogP) is 1.18. The van der Waals surface area contributed by atoms with Crippen LogP contribution in [0.3, 0.4) is 0 Å². The van der Waals surface area contributed by atoms with Crippen LogP contribution in [0.25, 0.3) is 0 Å². The topological polar surface area (TPSA) is 53.1 Å². The third-order valence-corrected chi connectivity index (χ3v) is 5.03. The van der Waals surface area contributed by atoms with Gasteiger partial charge in [-0.05, 0) is 18.4 Å². The van der Waals surface area contributed by atoms with Gasteiger partial charge in [0, 0.05) is 39.8 Å². The summed E-state index contributed by atoms with van der Waals surface area (Å²) in [6, 6.07) is 0.0604. The van der Waals surface area contributed by atoms with Gasteiger partial charge in [-0.3, -0.25) is 4.79 Å². The lowest BCUT2D eigenvalue weighted by Gasteiger charge is -2.37. The van der Waals surface area contributed by atoms with E-state index >= 15 is 0 Å². The summed E-state index contributed by atoms with van der Waals surface area (Å²) in [6.45, 7) is 11.5. The number of urea groups is 1. The molecule has 2 rings (SSSR count). The summed E-state index contributed by atoms with van der Waals surface area (Å²) in [6.07, 6.45) is 2.20. The van der Waals surface area contributed by atoms with Gasteiger partial charge in [0.25, 0.3) is 0 Å². The molecule has 2 aliphatic rings. The second-order valence-electron chi connectivity index (χ2n) is 6.39. The van der Waals surface area contributed by atoms with Crippen LogP contribution >= 0.6 is 0 Å². The van der Waals surface area contributed by atoms with Gasteiger partial charge in [-0.15, -0.1) is 0 Å². The van der Waals surface area contributed by atoms with Crippen molar-refractivity contribution in [3.05, 3.63) is 12.7 Å². The maximum Gasteiger partial charge on any atom is 0.320 e. The van der Waals surface area contributed by atoms with Gasteiger partial charge in [-0.2, -0.15) is 0 Å². The molecule has 6 heteroatoms. The smallest absolute Gasteiger partial charge is 0.320 e. The fourth-order valence-corrected chi connectivity index (χ4v) is 3.29. The monoisotopic (exact) mass is 309 g/mol. The Kier molecular flexibility index (Phi) is 5.11. The van der Waals surface area contributed by atoms with Crippen molar-refractivity contribution in [3.63, 3.8) is 0 Å². The van der Waals surface area contributed by atoms with E-state index in [0.29, 0.717) is 38.6 Å². The highest BCUT2D eigenvalue weighted by Crippen LogP contribution is 2.32. The molecule has 2 saturated heterocycles. The van der Waals surface area contributed by atoms with Crippen LogP contribution in [-0.2, 0) is 9.53 Å². The zero-order valence-electron chi connectivity index (χ0n) is 13.9. The first-order valence-electron chi connectivity index (χ1n) is 7.94. The first kappa shape index (κ1) is 16.8. The van der Waals surface area contributed by atoms with Crippen molar-refractivity contribution < 1.29 is 14.3 Å². The van der Waals surface area contributed by atoms with Crippen LogP contribution in [0.15, 0.2) is 12.7 Å². The molecule has 22 heavy (non-hydrogen) atoms. The molecule has 0 radical (unpaired) electrons. The Hall–Kier alpha value is -1.56. The lowest BCUT2D eigenvalue weighted by atomic mass is 9.89. The average Bonchev–Trinajstić information content (AvgIpc) is 2.99. The minimum absolute atomic E-state index is 0.0604. The van der Waals surface area contributed by atoms with E-state index < -0.39 is 0 Å². The number of hydrogen-bond acceptors (Lipinski definition) is 3. The molecule has 6 nitrogen and oxygen atoms in total. The predicted molar refractivity (Wildman–Crippen MR) is 84.5 cm³/mol. The summed E-state index contributed by atoms with van der Waals surface area (Å²) in [5, 5.41) is 0. The molecule has 0 aromatic rings. The third-order valence-electron chi connectivity index (χ3n) is 5.03. The molecule has 0 aromatic heterocycles. The number of rotatable bonds is 3. The zero-order valence-corrected chi connectivity index (χ0v) is 13.9. The second kappa shape index (κ2) is 6.69. The molecule has 2 fully saturated rings. The zero-order chi connectivity index (χ0) is 16.3. The minimum atomic E-state index is -0.226. The number of carbonyl (C=O) groups excluding carboxylic acids is 2. The molecule has 2 aliphatic heterocycles. The van der Waals surface area contributed by atoms with E-state index in [9.17, 15) is 9.59 Å². The number of nitrogens with zero attached hydrogens (tertiary/aromatic N) is 3. The number of piperazine rings is 1. The average molecular weight is 309 g/mol. The second-order valence-corrected chi connectivity index (χ2v) is 6.39. The van der Waals surface area contributed by atoms with Gasteiger partial charge in [-0.1, -0.05) is 20.4 Å². The molecule has 0 N–H and O–H groups in total. The molecular weight excluding hydrogens is 282 g/mol. The van der Waals surface area contributed by atoms with Gasteiger partial charge in [0.15, 0.2) is 0 Å². The van der Waals surface area contributed by atoms with Crippen LogP contribution < -0.4 is 0 Å². The van der Waals surface area contributed by atoms with Gasteiger partial charge < -0.3 is 19.4 Å². The fourth-order valence-electron chi connectivity index (χ4n) is 3.29. The van der Waals surface area contributed by atoms with Crippen LogP contribution in [0, 0.1) is 5.92 Å². The number of methoxy groups -OCH3 is 1. The van der Waals surface area contributed by atoms with E-state index in [-0.39, 0.29) is 17.5 Å². The number of ether oxygens (including phenoxy) is 1. The van der Waals surface area contributed by atoms with Crippen LogP contribution in [0.2, 0.25) is 0 Å². The summed E-state index contributed by atoms with van der Waals surface area (Å²) in [7, 11) is 1.73. The first-order valence-corrected chi connectivity index (χ1v) is 7.94. The Morgan fingerprint density at radius 2 is 1.68 bits per heavy atom. The lowest BCUT2D eigenvalue weighted by Crippen LogP contribution is -2.54. The largest absolute Gasteiger partial charge is 0.376 e. The van der Waals surface area contributed by atoms with Crippen LogP contribution in [0.4, 0.5) is 4.79 Å². The summed E-state index contributed by atoms with van der Waals surface area (Å²) in [5.41, 5.74) is -0.226. The normalized spacial score (nSPS) is 25.7. The van der Waals surface area contributed by atoms with Gasteiger partial charge >= 0.3 is 6.03 Å². The SMILES string of the molecule is C=CC(=O)N1CCN(C(=O)N2CCC(OC)(C(C)C)C2)CC1. The maximum atomic E-state index is 12.6. The first-order chi connectivity index (χ1) is 10.4. The molecular formula is C16H27N3O3. The molecule has 0 aromatic carbocycles. The van der Waals surface area contributed by atoms with Crippen molar-refractivity contribution in [1.82, 2.24) is 14.7 Å². The van der Waals surface area contributed by atoms with Crippen molar-refractivity contribution >= 4 is 11.9 Å². The molecule has 1 atom stereocenters. The van der Waals surface area contributed by atoms with E-state index in [1.807, 2.05) is 9.80 Å². The highest BCUT2D eigenvalue weighted by Gasteiger charge is 2.43. The molecule has 2 heterocycles. The van der Waals surface area contributed by atoms with E-state index in [1.165, 1.54) is 6.08 Å². The Balaban J connectivity index is 1.91. The van der Waals surface area contributed by atoms with Crippen molar-refractivity contribution in [2.24, 2.45) is 5.92 Å². The van der Waals surface area contributed by atoms with Gasteiger partial charge in [-0.25, -0.2) is 4.79 Å². The lowest BCUT2D eigenvalue weighted by molar-refractivity contribution is -0.127. The standard InChI is InChI=1S/C16H27N3O3/c1-5-14(20)17-8-10-18(11-9-17)15(21)19-7-6-16(12-19,22-4)13(2)3/h5,13H,1,6-12H2,2-4H3.